The molecule has 2 rings (SSSR count). The molecule has 134 valence electrons. The van der Waals surface area contributed by atoms with E-state index in [1.54, 1.807) is 18.7 Å². The fourth-order valence-electron chi connectivity index (χ4n) is 2.49. The molecule has 0 unspecified atom stereocenters. The van der Waals surface area contributed by atoms with Crippen LogP contribution in [0.1, 0.15) is 19.4 Å². The van der Waals surface area contributed by atoms with Crippen molar-refractivity contribution in [2.24, 2.45) is 5.92 Å². The number of nitrogens with zero attached hydrogens (tertiary/aromatic N) is 1. The maximum absolute atomic E-state index is 12.9. The molecule has 24 heavy (non-hydrogen) atoms. The lowest BCUT2D eigenvalue weighted by Crippen LogP contribution is -2.53. The normalized spacial score (nSPS) is 17.1. The van der Waals surface area contributed by atoms with Crippen molar-refractivity contribution in [3.8, 4) is 0 Å². The number of amides is 1. The molecule has 1 heterocycles. The first kappa shape index (κ1) is 18.8. The van der Waals surface area contributed by atoms with Crippen molar-refractivity contribution in [2.75, 3.05) is 26.3 Å². The molecule has 6 nitrogen and oxygen atoms in total. The second kappa shape index (κ2) is 8.04. The highest BCUT2D eigenvalue weighted by Gasteiger charge is 2.31. The van der Waals surface area contributed by atoms with E-state index in [0.717, 1.165) is 0 Å². The fraction of sp³-hybridized carbons (Fsp3) is 0.562. The van der Waals surface area contributed by atoms with Crippen molar-refractivity contribution >= 4 is 15.9 Å². The molecule has 0 bridgehead atoms. The zero-order chi connectivity index (χ0) is 17.7. The highest BCUT2D eigenvalue weighted by Crippen LogP contribution is 2.12. The van der Waals surface area contributed by atoms with Gasteiger partial charge in [-0.05, 0) is 23.6 Å². The lowest BCUT2D eigenvalue weighted by Gasteiger charge is -2.32. The third-order valence-corrected chi connectivity index (χ3v) is 5.16. The van der Waals surface area contributed by atoms with Gasteiger partial charge in [-0.15, -0.1) is 0 Å². The number of hydrogen-bond donors (Lipinski definition) is 1. The first-order valence-electron chi connectivity index (χ1n) is 7.89. The minimum atomic E-state index is -3.73. The Hall–Kier alpha value is -1.51. The Morgan fingerprint density at radius 1 is 1.25 bits per heavy atom. The standard InChI is InChI=1S/C16H23FN2O4S/c1-12(2)15(16(20)19-7-9-23-10-8-19)18-24(21,22)11-13-3-5-14(17)6-4-13/h3-6,12,15,18H,7-11H2,1-2H3/t15-/m1/s1. The van der Waals surface area contributed by atoms with Gasteiger partial charge in [-0.2, -0.15) is 0 Å². The lowest BCUT2D eigenvalue weighted by molar-refractivity contribution is -0.138. The van der Waals surface area contributed by atoms with Crippen LogP contribution < -0.4 is 4.72 Å². The Labute approximate surface area is 142 Å². The zero-order valence-corrected chi connectivity index (χ0v) is 14.7. The van der Waals surface area contributed by atoms with Crippen LogP contribution in [0.2, 0.25) is 0 Å². The quantitative estimate of drug-likeness (QED) is 0.827. The molecule has 1 amide bonds. The van der Waals surface area contributed by atoms with Crippen LogP contribution in [0.4, 0.5) is 4.39 Å². The Balaban J connectivity index is 2.07. The Morgan fingerprint density at radius 3 is 2.38 bits per heavy atom. The van der Waals surface area contributed by atoms with Crippen LogP contribution in [-0.2, 0) is 25.3 Å². The van der Waals surface area contributed by atoms with Crippen LogP contribution in [0.5, 0.6) is 0 Å². The predicted molar refractivity (Wildman–Crippen MR) is 88.2 cm³/mol. The van der Waals surface area contributed by atoms with E-state index in [1.807, 2.05) is 0 Å². The highest BCUT2D eigenvalue weighted by molar-refractivity contribution is 7.88. The third kappa shape index (κ3) is 5.25. The number of halogens is 1. The molecule has 1 atom stereocenters. The van der Waals surface area contributed by atoms with E-state index in [0.29, 0.717) is 31.9 Å². The number of sulfonamides is 1. The van der Waals surface area contributed by atoms with Gasteiger partial charge in [-0.3, -0.25) is 4.79 Å². The molecular formula is C16H23FN2O4S. The molecule has 0 aromatic heterocycles. The second-order valence-corrected chi connectivity index (χ2v) is 7.92. The maximum Gasteiger partial charge on any atom is 0.241 e. The number of ether oxygens (including phenoxy) is 1. The lowest BCUT2D eigenvalue weighted by atomic mass is 10.0. The molecule has 0 spiro atoms. The van der Waals surface area contributed by atoms with Gasteiger partial charge < -0.3 is 9.64 Å². The molecule has 1 aliphatic rings. The average Bonchev–Trinajstić information content (AvgIpc) is 2.54. The van der Waals surface area contributed by atoms with Gasteiger partial charge in [-0.1, -0.05) is 26.0 Å². The van der Waals surface area contributed by atoms with Crippen molar-refractivity contribution < 1.29 is 22.3 Å². The summed E-state index contributed by atoms with van der Waals surface area (Å²) in [6.07, 6.45) is 0. The summed E-state index contributed by atoms with van der Waals surface area (Å²) in [6, 6.07) is 4.44. The van der Waals surface area contributed by atoms with E-state index in [-0.39, 0.29) is 17.6 Å². The van der Waals surface area contributed by atoms with E-state index in [2.05, 4.69) is 4.72 Å². The largest absolute Gasteiger partial charge is 0.378 e. The van der Waals surface area contributed by atoms with Gasteiger partial charge in [0.15, 0.2) is 0 Å². The van der Waals surface area contributed by atoms with Crippen molar-refractivity contribution in [3.05, 3.63) is 35.6 Å². The van der Waals surface area contributed by atoms with Crippen LogP contribution in [0.15, 0.2) is 24.3 Å². The predicted octanol–water partition coefficient (Wildman–Crippen LogP) is 1.13. The van der Waals surface area contributed by atoms with Crippen molar-refractivity contribution in [3.63, 3.8) is 0 Å². The topological polar surface area (TPSA) is 75.7 Å². The molecule has 1 fully saturated rings. The summed E-state index contributed by atoms with van der Waals surface area (Å²) in [6.45, 7) is 5.42. The Kier molecular flexibility index (Phi) is 6.31. The van der Waals surface area contributed by atoms with E-state index < -0.39 is 21.9 Å². The molecule has 0 radical (unpaired) electrons. The van der Waals surface area contributed by atoms with E-state index in [1.165, 1.54) is 24.3 Å². The molecule has 1 aromatic carbocycles. The number of hydrogen-bond acceptors (Lipinski definition) is 4. The average molecular weight is 358 g/mol. The van der Waals surface area contributed by atoms with Crippen LogP contribution in [0, 0.1) is 11.7 Å². The number of rotatable bonds is 6. The summed E-state index contributed by atoms with van der Waals surface area (Å²) in [4.78, 5) is 14.2. The minimum absolute atomic E-state index is 0.191. The smallest absolute Gasteiger partial charge is 0.241 e. The summed E-state index contributed by atoms with van der Waals surface area (Å²) in [7, 11) is -3.73. The number of nitrogens with one attached hydrogen (secondary N) is 1. The molecule has 1 saturated heterocycles. The number of carbonyl (C=O) groups is 1. The van der Waals surface area contributed by atoms with Gasteiger partial charge in [-0.25, -0.2) is 17.5 Å². The summed E-state index contributed by atoms with van der Waals surface area (Å²) in [5, 5.41) is 0. The van der Waals surface area contributed by atoms with E-state index in [9.17, 15) is 17.6 Å². The molecule has 0 saturated carbocycles. The fourth-order valence-corrected chi connectivity index (χ4v) is 3.96. The van der Waals surface area contributed by atoms with Gasteiger partial charge in [0.05, 0.1) is 19.0 Å². The monoisotopic (exact) mass is 358 g/mol. The molecule has 1 aliphatic heterocycles. The van der Waals surface area contributed by atoms with Crippen molar-refractivity contribution in [1.29, 1.82) is 0 Å². The van der Waals surface area contributed by atoms with Gasteiger partial charge in [0.2, 0.25) is 15.9 Å². The Bertz CT molecular complexity index is 655. The van der Waals surface area contributed by atoms with Gasteiger partial charge >= 0.3 is 0 Å². The van der Waals surface area contributed by atoms with Gasteiger partial charge in [0, 0.05) is 13.1 Å². The summed E-state index contributed by atoms with van der Waals surface area (Å²) < 4.78 is 45.4. The van der Waals surface area contributed by atoms with Crippen molar-refractivity contribution in [2.45, 2.75) is 25.6 Å². The van der Waals surface area contributed by atoms with E-state index in [4.69, 9.17) is 4.74 Å². The van der Waals surface area contributed by atoms with Crippen LogP contribution >= 0.6 is 0 Å². The van der Waals surface area contributed by atoms with Crippen LogP contribution in [0.3, 0.4) is 0 Å². The summed E-state index contributed by atoms with van der Waals surface area (Å²) >= 11 is 0. The molecule has 1 N–H and O–H groups in total. The SMILES string of the molecule is CC(C)[C@@H](NS(=O)(=O)Cc1ccc(F)cc1)C(=O)N1CCOCC1. The number of benzene rings is 1. The number of morpholine rings is 1. The number of carbonyl (C=O) groups excluding carboxylic acids is 1. The third-order valence-electron chi connectivity index (χ3n) is 3.83. The second-order valence-electron chi connectivity index (χ2n) is 6.16. The van der Waals surface area contributed by atoms with Crippen molar-refractivity contribution in [1.82, 2.24) is 9.62 Å². The van der Waals surface area contributed by atoms with Gasteiger partial charge in [0.1, 0.15) is 11.9 Å². The van der Waals surface area contributed by atoms with E-state index >= 15 is 0 Å². The van der Waals surface area contributed by atoms with Gasteiger partial charge in [0.25, 0.3) is 0 Å². The minimum Gasteiger partial charge on any atom is -0.378 e. The summed E-state index contributed by atoms with van der Waals surface area (Å²) in [5.41, 5.74) is 0.463. The summed E-state index contributed by atoms with van der Waals surface area (Å²) in [5.74, 6) is -1.15. The highest BCUT2D eigenvalue weighted by atomic mass is 32.2. The van der Waals surface area contributed by atoms with Crippen LogP contribution in [-0.4, -0.2) is 51.6 Å². The molecular weight excluding hydrogens is 335 g/mol. The zero-order valence-electron chi connectivity index (χ0n) is 13.9. The van der Waals surface area contributed by atoms with Crippen LogP contribution in [0.25, 0.3) is 0 Å². The molecule has 0 aliphatic carbocycles. The molecule has 1 aromatic rings. The molecule has 8 heteroatoms. The maximum atomic E-state index is 12.9. The first-order valence-corrected chi connectivity index (χ1v) is 9.55. The Morgan fingerprint density at radius 2 is 1.83 bits per heavy atom. The first-order chi connectivity index (χ1) is 11.3.